The molecule has 1 N–H and O–H groups in total. The van der Waals surface area contributed by atoms with Gasteiger partial charge in [0.15, 0.2) is 12.2 Å². The molecule has 1 aliphatic rings. The maximum atomic E-state index is 11.6. The Morgan fingerprint density at radius 3 is 2.00 bits per heavy atom. The van der Waals surface area contributed by atoms with Crippen molar-refractivity contribution in [2.45, 2.75) is 64.4 Å². The summed E-state index contributed by atoms with van der Waals surface area (Å²) in [5.41, 5.74) is -0.583. The topological polar surface area (TPSA) is 117 Å². The number of hydrogen-bond acceptors (Lipinski definition) is 9. The highest BCUT2D eigenvalue weighted by molar-refractivity contribution is 7.99. The number of amides is 1. The van der Waals surface area contributed by atoms with Gasteiger partial charge in [-0.15, -0.1) is 11.8 Å². The van der Waals surface area contributed by atoms with Crippen LogP contribution in [0.1, 0.15) is 34.6 Å². The molecule has 0 aliphatic carbocycles. The Morgan fingerprint density at radius 1 is 0.962 bits per heavy atom. The van der Waals surface area contributed by atoms with Crippen molar-refractivity contribution < 1.29 is 38.1 Å². The van der Waals surface area contributed by atoms with Crippen LogP contribution in [0.15, 0.2) is 0 Å². The van der Waals surface area contributed by atoms with Crippen LogP contribution in [0.5, 0.6) is 0 Å². The van der Waals surface area contributed by atoms with Gasteiger partial charge in [-0.3, -0.25) is 19.2 Å². The molecule has 0 aromatic rings. The summed E-state index contributed by atoms with van der Waals surface area (Å²) in [7, 11) is 0. The molecule has 9 nitrogen and oxygen atoms in total. The van der Waals surface area contributed by atoms with Crippen LogP contribution >= 0.6 is 11.8 Å². The quantitative estimate of drug-likeness (QED) is 0.486. The Hall–Kier alpha value is -1.81. The first kappa shape index (κ1) is 22.2. The summed E-state index contributed by atoms with van der Waals surface area (Å²) >= 11 is 1.38. The number of hydrogen-bond donors (Lipinski definition) is 1. The molecule has 148 valence electrons. The van der Waals surface area contributed by atoms with Crippen molar-refractivity contribution in [3.05, 3.63) is 0 Å². The molecule has 1 fully saturated rings. The average Bonchev–Trinajstić information content (AvgIpc) is 2.50. The lowest BCUT2D eigenvalue weighted by atomic mass is 9.97. The smallest absolute Gasteiger partial charge is 0.303 e. The van der Waals surface area contributed by atoms with Crippen LogP contribution in [-0.4, -0.2) is 66.0 Å². The maximum Gasteiger partial charge on any atom is 0.303 e. The summed E-state index contributed by atoms with van der Waals surface area (Å²) in [5.74, 6) is -1.44. The van der Waals surface area contributed by atoms with Gasteiger partial charge in [-0.25, -0.2) is 0 Å². The second kappa shape index (κ2) is 10.4. The van der Waals surface area contributed by atoms with Crippen LogP contribution in [0.3, 0.4) is 0 Å². The zero-order chi connectivity index (χ0) is 19.9. The van der Waals surface area contributed by atoms with Gasteiger partial charge in [-0.1, -0.05) is 6.92 Å². The monoisotopic (exact) mass is 391 g/mol. The minimum atomic E-state index is -1.04. The summed E-state index contributed by atoms with van der Waals surface area (Å²) in [6.45, 7) is 6.70. The molecule has 1 rings (SSSR count). The number of carbonyl (C=O) groups excluding carboxylic acids is 4. The van der Waals surface area contributed by atoms with Crippen molar-refractivity contribution in [3.63, 3.8) is 0 Å². The molecular weight excluding hydrogens is 366 g/mol. The number of ether oxygens (including phenoxy) is 4. The van der Waals surface area contributed by atoms with Gasteiger partial charge in [0.2, 0.25) is 5.91 Å². The Kier molecular flexibility index (Phi) is 8.86. The molecule has 0 aromatic carbocycles. The SMILES string of the molecule is CCS[C@@H]1O[C@H](COC(C)=O)[C@H](OC(C)=O)[C@H](OC(C)=O)[C@H]1NC(C)=O. The fourth-order valence-electron chi connectivity index (χ4n) is 2.60. The first-order valence-corrected chi connectivity index (χ1v) is 9.22. The van der Waals surface area contributed by atoms with Crippen LogP contribution in [-0.2, 0) is 38.1 Å². The van der Waals surface area contributed by atoms with Gasteiger partial charge in [0, 0.05) is 27.7 Å². The van der Waals surface area contributed by atoms with E-state index in [1.807, 2.05) is 6.92 Å². The first-order valence-electron chi connectivity index (χ1n) is 8.17. The Labute approximate surface area is 156 Å². The van der Waals surface area contributed by atoms with Crippen molar-refractivity contribution in [1.29, 1.82) is 0 Å². The average molecular weight is 391 g/mol. The van der Waals surface area contributed by atoms with Crippen LogP contribution in [0.4, 0.5) is 0 Å². The Morgan fingerprint density at radius 2 is 1.54 bits per heavy atom. The van der Waals surface area contributed by atoms with E-state index in [9.17, 15) is 19.2 Å². The summed E-state index contributed by atoms with van der Waals surface area (Å²) in [6.07, 6.45) is -2.87. The van der Waals surface area contributed by atoms with Gasteiger partial charge in [0.05, 0.1) is 0 Å². The summed E-state index contributed by atoms with van der Waals surface area (Å²) in [6, 6.07) is -0.737. The molecule has 1 saturated heterocycles. The third-order valence-electron chi connectivity index (χ3n) is 3.40. The molecule has 1 amide bonds. The van der Waals surface area contributed by atoms with Crippen LogP contribution in [0, 0.1) is 0 Å². The standard InChI is InChI=1S/C16H25NO8S/c1-6-26-16-13(17-8(2)18)15(24-11(5)21)14(23-10(4)20)12(25-16)7-22-9(3)19/h12-16H,6-7H2,1-5H3,(H,17,18)/t12-,13-,14+,15-,16+/m1/s1. The van der Waals surface area contributed by atoms with Gasteiger partial charge in [0.1, 0.15) is 24.2 Å². The molecule has 5 atom stereocenters. The van der Waals surface area contributed by atoms with Crippen molar-refractivity contribution >= 4 is 35.6 Å². The summed E-state index contributed by atoms with van der Waals surface area (Å²) in [5, 5.41) is 2.70. The van der Waals surface area contributed by atoms with E-state index in [0.29, 0.717) is 5.75 Å². The predicted molar refractivity (Wildman–Crippen MR) is 92.1 cm³/mol. The Balaban J connectivity index is 3.22. The fraction of sp³-hybridized carbons (Fsp3) is 0.750. The van der Waals surface area contributed by atoms with Crippen molar-refractivity contribution in [2.75, 3.05) is 12.4 Å². The number of carbonyl (C=O) groups is 4. The number of thioether (sulfide) groups is 1. The van der Waals surface area contributed by atoms with E-state index < -0.39 is 47.7 Å². The van der Waals surface area contributed by atoms with Gasteiger partial charge in [-0.2, -0.15) is 0 Å². The molecule has 0 unspecified atom stereocenters. The molecule has 0 bridgehead atoms. The molecule has 10 heteroatoms. The molecule has 1 aliphatic heterocycles. The van der Waals surface area contributed by atoms with Crippen LogP contribution in [0.2, 0.25) is 0 Å². The van der Waals surface area contributed by atoms with E-state index in [4.69, 9.17) is 18.9 Å². The lowest BCUT2D eigenvalue weighted by Gasteiger charge is -2.45. The molecule has 0 spiro atoms. The molecule has 0 radical (unpaired) electrons. The van der Waals surface area contributed by atoms with E-state index in [0.717, 1.165) is 0 Å². The highest BCUT2D eigenvalue weighted by Crippen LogP contribution is 2.32. The lowest BCUT2D eigenvalue weighted by Crippen LogP contribution is -2.65. The minimum Gasteiger partial charge on any atom is -0.463 e. The van der Waals surface area contributed by atoms with Gasteiger partial charge in [-0.05, 0) is 5.75 Å². The minimum absolute atomic E-state index is 0.182. The highest BCUT2D eigenvalue weighted by Gasteiger charge is 2.50. The number of nitrogens with one attached hydrogen (secondary N) is 1. The first-order chi connectivity index (χ1) is 12.1. The van der Waals surface area contributed by atoms with Crippen molar-refractivity contribution in [1.82, 2.24) is 5.32 Å². The number of esters is 3. The summed E-state index contributed by atoms with van der Waals surface area (Å²) < 4.78 is 21.6. The van der Waals surface area contributed by atoms with E-state index in [-0.39, 0.29) is 12.5 Å². The second-order valence-electron chi connectivity index (χ2n) is 5.68. The molecule has 26 heavy (non-hydrogen) atoms. The van der Waals surface area contributed by atoms with Gasteiger partial charge < -0.3 is 24.3 Å². The zero-order valence-electron chi connectivity index (χ0n) is 15.5. The molecule has 0 saturated carbocycles. The third-order valence-corrected chi connectivity index (χ3v) is 4.47. The van der Waals surface area contributed by atoms with Gasteiger partial charge >= 0.3 is 17.9 Å². The zero-order valence-corrected chi connectivity index (χ0v) is 16.3. The lowest BCUT2D eigenvalue weighted by molar-refractivity contribution is -0.211. The predicted octanol–water partition coefficient (Wildman–Crippen LogP) is 0.396. The fourth-order valence-corrected chi connectivity index (χ4v) is 3.58. The van der Waals surface area contributed by atoms with Gasteiger partial charge in [0.25, 0.3) is 0 Å². The van der Waals surface area contributed by atoms with Crippen LogP contribution in [0.25, 0.3) is 0 Å². The molecular formula is C16H25NO8S. The van der Waals surface area contributed by atoms with E-state index in [2.05, 4.69) is 5.32 Å². The molecule has 0 aromatic heterocycles. The van der Waals surface area contributed by atoms with Crippen LogP contribution < -0.4 is 5.32 Å². The highest BCUT2D eigenvalue weighted by atomic mass is 32.2. The normalized spacial score (nSPS) is 28.0. The second-order valence-corrected chi connectivity index (χ2v) is 7.05. The maximum absolute atomic E-state index is 11.6. The van der Waals surface area contributed by atoms with Crippen molar-refractivity contribution in [3.8, 4) is 0 Å². The largest absolute Gasteiger partial charge is 0.463 e. The Bertz CT molecular complexity index is 540. The molecule has 1 heterocycles. The third kappa shape index (κ3) is 6.83. The summed E-state index contributed by atoms with van der Waals surface area (Å²) in [4.78, 5) is 45.9. The van der Waals surface area contributed by atoms with E-state index in [1.54, 1.807) is 0 Å². The number of rotatable bonds is 7. The van der Waals surface area contributed by atoms with E-state index >= 15 is 0 Å². The van der Waals surface area contributed by atoms with Crippen molar-refractivity contribution in [2.24, 2.45) is 0 Å². The van der Waals surface area contributed by atoms with E-state index in [1.165, 1.54) is 39.5 Å².